The van der Waals surface area contributed by atoms with Gasteiger partial charge in [0.1, 0.15) is 5.41 Å². The summed E-state index contributed by atoms with van der Waals surface area (Å²) in [5, 5.41) is 7.98. The van der Waals surface area contributed by atoms with Gasteiger partial charge < -0.3 is 10.6 Å². The lowest BCUT2D eigenvalue weighted by atomic mass is 9.74. The van der Waals surface area contributed by atoms with Crippen LogP contribution in [0.4, 0.5) is 11.4 Å². The van der Waals surface area contributed by atoms with Crippen LogP contribution in [0.25, 0.3) is 21.8 Å². The van der Waals surface area contributed by atoms with E-state index in [-0.39, 0.29) is 12.8 Å². The molecule has 0 fully saturated rings. The third kappa shape index (κ3) is 5.40. The molecule has 2 amide bonds. The van der Waals surface area contributed by atoms with Crippen molar-refractivity contribution in [3.05, 3.63) is 145 Å². The lowest BCUT2D eigenvalue weighted by Crippen LogP contribution is -2.49. The number of fused-ring (bicyclic) bond motifs is 2. The SMILES string of the molecule is O=C(Nc1cccc2cccnc12)C(Cc1ccccc1)(Cc1ccccc1)C(=O)Nc1cccc2cccnc12. The lowest BCUT2D eigenvalue weighted by molar-refractivity contribution is -0.137. The maximum atomic E-state index is 14.6. The topological polar surface area (TPSA) is 84.0 Å². The molecule has 0 unspecified atom stereocenters. The van der Waals surface area contributed by atoms with Crippen LogP contribution in [-0.2, 0) is 22.4 Å². The van der Waals surface area contributed by atoms with Gasteiger partial charge in [-0.15, -0.1) is 0 Å². The second-order valence-electron chi connectivity index (χ2n) is 10.1. The van der Waals surface area contributed by atoms with Crippen molar-refractivity contribution < 1.29 is 9.59 Å². The molecule has 0 saturated carbocycles. The molecule has 2 aromatic heterocycles. The summed E-state index contributed by atoms with van der Waals surface area (Å²) in [6.45, 7) is 0. The molecular weight excluding hydrogens is 508 g/mol. The summed E-state index contributed by atoms with van der Waals surface area (Å²) in [7, 11) is 0. The van der Waals surface area contributed by atoms with Crippen LogP contribution in [0.2, 0.25) is 0 Å². The molecule has 2 heterocycles. The van der Waals surface area contributed by atoms with E-state index in [2.05, 4.69) is 20.6 Å². The smallest absolute Gasteiger partial charge is 0.240 e. The summed E-state index contributed by atoms with van der Waals surface area (Å²) >= 11 is 0. The summed E-state index contributed by atoms with van der Waals surface area (Å²) in [6, 6.07) is 38.2. The van der Waals surface area contributed by atoms with Crippen LogP contribution in [0.5, 0.6) is 0 Å². The third-order valence-electron chi connectivity index (χ3n) is 7.33. The molecule has 0 spiro atoms. The van der Waals surface area contributed by atoms with Crippen LogP contribution in [0.15, 0.2) is 134 Å². The Morgan fingerprint density at radius 3 is 1.37 bits per heavy atom. The molecule has 4 aromatic carbocycles. The quantitative estimate of drug-likeness (QED) is 0.209. The van der Waals surface area contributed by atoms with Gasteiger partial charge >= 0.3 is 0 Å². The number of rotatable bonds is 8. The van der Waals surface area contributed by atoms with Gasteiger partial charge in [-0.1, -0.05) is 97.1 Å². The van der Waals surface area contributed by atoms with Gasteiger partial charge in [0.2, 0.25) is 11.8 Å². The van der Waals surface area contributed by atoms with Crippen molar-refractivity contribution in [3.63, 3.8) is 0 Å². The van der Waals surface area contributed by atoms with Gasteiger partial charge in [-0.3, -0.25) is 19.6 Å². The Labute approximate surface area is 238 Å². The Hall–Kier alpha value is -5.36. The Kier molecular flexibility index (Phi) is 7.20. The first-order valence-corrected chi connectivity index (χ1v) is 13.5. The highest BCUT2D eigenvalue weighted by atomic mass is 16.2. The van der Waals surface area contributed by atoms with E-state index in [1.54, 1.807) is 12.4 Å². The van der Waals surface area contributed by atoms with Crippen LogP contribution < -0.4 is 10.6 Å². The fourth-order valence-electron chi connectivity index (χ4n) is 5.27. The average Bonchev–Trinajstić information content (AvgIpc) is 3.02. The van der Waals surface area contributed by atoms with Crippen LogP contribution in [0.3, 0.4) is 0 Å². The highest BCUT2D eigenvalue weighted by molar-refractivity contribution is 6.17. The van der Waals surface area contributed by atoms with Gasteiger partial charge in [0, 0.05) is 23.2 Å². The lowest BCUT2D eigenvalue weighted by Gasteiger charge is -2.32. The normalized spacial score (nSPS) is 11.3. The minimum absolute atomic E-state index is 0.191. The molecule has 0 aliphatic carbocycles. The minimum Gasteiger partial charge on any atom is -0.323 e. The first kappa shape index (κ1) is 25.9. The molecule has 0 bridgehead atoms. The second kappa shape index (κ2) is 11.4. The highest BCUT2D eigenvalue weighted by Gasteiger charge is 2.46. The van der Waals surface area contributed by atoms with E-state index in [9.17, 15) is 9.59 Å². The molecule has 200 valence electrons. The van der Waals surface area contributed by atoms with Crippen molar-refractivity contribution in [3.8, 4) is 0 Å². The third-order valence-corrected chi connectivity index (χ3v) is 7.33. The van der Waals surface area contributed by atoms with E-state index in [0.717, 1.165) is 21.9 Å². The molecule has 0 saturated heterocycles. The molecule has 6 aromatic rings. The number of pyridine rings is 2. The Bertz CT molecular complexity index is 1690. The molecule has 41 heavy (non-hydrogen) atoms. The molecular formula is C35H28N4O2. The number of amides is 2. The zero-order chi connectivity index (χ0) is 28.1. The molecule has 0 aliphatic rings. The predicted octanol–water partition coefficient (Wildman–Crippen LogP) is 6.83. The zero-order valence-electron chi connectivity index (χ0n) is 22.3. The average molecular weight is 537 g/mol. The molecule has 0 atom stereocenters. The maximum absolute atomic E-state index is 14.6. The van der Waals surface area contributed by atoms with Crippen molar-refractivity contribution in [2.45, 2.75) is 12.8 Å². The Morgan fingerprint density at radius 1 is 0.512 bits per heavy atom. The molecule has 0 aliphatic heterocycles. The number of carbonyl (C=O) groups excluding carboxylic acids is 2. The van der Waals surface area contributed by atoms with Crippen LogP contribution in [0, 0.1) is 5.41 Å². The molecule has 6 rings (SSSR count). The van der Waals surface area contributed by atoms with Gasteiger partial charge in [-0.2, -0.15) is 0 Å². The van der Waals surface area contributed by atoms with Crippen LogP contribution >= 0.6 is 0 Å². The van der Waals surface area contributed by atoms with Crippen molar-refractivity contribution in [2.75, 3.05) is 10.6 Å². The number of nitrogens with zero attached hydrogens (tertiary/aromatic N) is 2. The van der Waals surface area contributed by atoms with E-state index in [1.165, 1.54) is 0 Å². The number of carbonyl (C=O) groups is 2. The summed E-state index contributed by atoms with van der Waals surface area (Å²) < 4.78 is 0. The van der Waals surface area contributed by atoms with Crippen molar-refractivity contribution >= 4 is 45.0 Å². The standard InChI is InChI=1S/C35H28N4O2/c40-33(38-29-19-7-15-27-17-9-21-36-31(27)29)35(23-25-11-3-1-4-12-25,24-26-13-5-2-6-14-26)34(41)39-30-20-8-16-28-18-10-22-37-32(28)30/h1-22H,23-24H2,(H,38,40)(H,39,41). The van der Waals surface area contributed by atoms with Gasteiger partial charge in [-0.05, 0) is 48.2 Å². The van der Waals surface area contributed by atoms with E-state index in [4.69, 9.17) is 0 Å². The number of para-hydroxylation sites is 2. The number of anilines is 2. The number of aromatic nitrogens is 2. The van der Waals surface area contributed by atoms with Crippen LogP contribution in [0.1, 0.15) is 11.1 Å². The summed E-state index contributed by atoms with van der Waals surface area (Å²) in [5.74, 6) is -0.817. The largest absolute Gasteiger partial charge is 0.323 e. The molecule has 6 heteroatoms. The Balaban J connectivity index is 1.47. The van der Waals surface area contributed by atoms with E-state index >= 15 is 0 Å². The maximum Gasteiger partial charge on any atom is 0.240 e. The highest BCUT2D eigenvalue weighted by Crippen LogP contribution is 2.34. The predicted molar refractivity (Wildman–Crippen MR) is 163 cm³/mol. The van der Waals surface area contributed by atoms with E-state index < -0.39 is 17.2 Å². The first-order valence-electron chi connectivity index (χ1n) is 13.5. The molecule has 2 N–H and O–H groups in total. The van der Waals surface area contributed by atoms with Crippen molar-refractivity contribution in [1.82, 2.24) is 9.97 Å². The van der Waals surface area contributed by atoms with Gasteiger partial charge in [0.15, 0.2) is 0 Å². The molecule has 0 radical (unpaired) electrons. The monoisotopic (exact) mass is 536 g/mol. The molecule has 6 nitrogen and oxygen atoms in total. The minimum atomic E-state index is -1.50. The fourth-order valence-corrected chi connectivity index (χ4v) is 5.27. The van der Waals surface area contributed by atoms with Gasteiger partial charge in [0.25, 0.3) is 0 Å². The van der Waals surface area contributed by atoms with E-state index in [0.29, 0.717) is 22.4 Å². The van der Waals surface area contributed by atoms with Gasteiger partial charge in [-0.25, -0.2) is 0 Å². The summed E-state index contributed by atoms with van der Waals surface area (Å²) in [6.07, 6.45) is 3.77. The number of benzene rings is 4. The van der Waals surface area contributed by atoms with Crippen molar-refractivity contribution in [1.29, 1.82) is 0 Å². The summed E-state index contributed by atoms with van der Waals surface area (Å²) in [5.41, 5.74) is 2.68. The summed E-state index contributed by atoms with van der Waals surface area (Å²) in [4.78, 5) is 38.1. The van der Waals surface area contributed by atoms with Crippen molar-refractivity contribution in [2.24, 2.45) is 5.41 Å². The van der Waals surface area contributed by atoms with Crippen LogP contribution in [-0.4, -0.2) is 21.8 Å². The zero-order valence-corrected chi connectivity index (χ0v) is 22.3. The second-order valence-corrected chi connectivity index (χ2v) is 10.1. The Morgan fingerprint density at radius 2 is 0.927 bits per heavy atom. The fraction of sp³-hybridized carbons (Fsp3) is 0.0857. The first-order chi connectivity index (χ1) is 20.1. The number of hydrogen-bond donors (Lipinski definition) is 2. The number of hydrogen-bond acceptors (Lipinski definition) is 4. The number of nitrogens with one attached hydrogen (secondary N) is 2. The van der Waals surface area contributed by atoms with E-state index in [1.807, 2.05) is 121 Å². The van der Waals surface area contributed by atoms with Gasteiger partial charge in [0.05, 0.1) is 22.4 Å².